The van der Waals surface area contributed by atoms with E-state index in [9.17, 15) is 24.9 Å². The molecule has 6 atom stereocenters. The summed E-state index contributed by atoms with van der Waals surface area (Å²) < 4.78 is 24.6. The fourth-order valence-corrected chi connectivity index (χ4v) is 12.3. The second kappa shape index (κ2) is 18.2. The van der Waals surface area contributed by atoms with Gasteiger partial charge in [0.25, 0.3) is 0 Å². The Labute approximate surface area is 396 Å². The van der Waals surface area contributed by atoms with E-state index in [0.717, 1.165) is 78.0 Å². The van der Waals surface area contributed by atoms with Crippen LogP contribution < -0.4 is 14.8 Å². The summed E-state index contributed by atoms with van der Waals surface area (Å²) in [6.07, 6.45) is 1.87. The SMILES string of the molecule is CNCc1cccc(-c2cc(O)cc3ccc(CC(=O)OC4CC(OC(C)=O)C5Cc6cc(OC)c(O)cc6CC5(c5ccc6ccccc6c5)C5CCc6cc(O)c(OC)cc6C5C4)cc23)c1. The zero-order valence-electron chi connectivity index (χ0n) is 38.9. The van der Waals surface area contributed by atoms with Gasteiger partial charge in [0.15, 0.2) is 23.0 Å². The van der Waals surface area contributed by atoms with Gasteiger partial charge in [0.05, 0.1) is 20.6 Å². The van der Waals surface area contributed by atoms with Crippen LogP contribution in [0, 0.1) is 11.8 Å². The molecule has 7 aromatic carbocycles. The molecule has 6 unspecified atom stereocenters. The van der Waals surface area contributed by atoms with Gasteiger partial charge in [-0.2, -0.15) is 0 Å². The summed E-state index contributed by atoms with van der Waals surface area (Å²) in [4.78, 5) is 27.9. The second-order valence-electron chi connectivity index (χ2n) is 19.0. The van der Waals surface area contributed by atoms with Crippen molar-refractivity contribution in [3.8, 4) is 39.9 Å². The van der Waals surface area contributed by atoms with E-state index in [-0.39, 0.29) is 47.8 Å². The van der Waals surface area contributed by atoms with Gasteiger partial charge in [-0.3, -0.25) is 9.59 Å². The highest BCUT2D eigenvalue weighted by atomic mass is 16.6. The van der Waals surface area contributed by atoms with Crippen LogP contribution in [0.2, 0.25) is 0 Å². The lowest BCUT2D eigenvalue weighted by Crippen LogP contribution is -2.57. The minimum atomic E-state index is -0.656. The van der Waals surface area contributed by atoms with Crippen molar-refractivity contribution in [1.29, 1.82) is 0 Å². The molecular formula is C58H57NO9. The first kappa shape index (κ1) is 44.8. The Bertz CT molecular complexity index is 3090. The topological polar surface area (TPSA) is 144 Å². The average molecular weight is 912 g/mol. The number of hydrogen-bond donors (Lipinski definition) is 4. The Kier molecular flexibility index (Phi) is 12.0. The molecule has 0 radical (unpaired) electrons. The van der Waals surface area contributed by atoms with Gasteiger partial charge in [0.2, 0.25) is 0 Å². The van der Waals surface area contributed by atoms with E-state index in [1.54, 1.807) is 26.4 Å². The molecule has 348 valence electrons. The largest absolute Gasteiger partial charge is 0.508 e. The van der Waals surface area contributed by atoms with Crippen LogP contribution in [0.5, 0.6) is 28.7 Å². The number of carbonyl (C=O) groups excluding carboxylic acids is 2. The maximum absolute atomic E-state index is 14.5. The third-order valence-electron chi connectivity index (χ3n) is 15.1. The van der Waals surface area contributed by atoms with Crippen molar-refractivity contribution in [3.63, 3.8) is 0 Å². The average Bonchev–Trinajstić information content (AvgIpc) is 3.32. The molecule has 0 aliphatic heterocycles. The summed E-state index contributed by atoms with van der Waals surface area (Å²) in [5, 5.41) is 40.3. The summed E-state index contributed by atoms with van der Waals surface area (Å²) >= 11 is 0. The number of nitrogens with one attached hydrogen (secondary N) is 1. The maximum Gasteiger partial charge on any atom is 0.310 e. The molecule has 1 saturated carbocycles. The van der Waals surface area contributed by atoms with Crippen molar-refractivity contribution >= 4 is 33.5 Å². The van der Waals surface area contributed by atoms with Crippen LogP contribution in [-0.4, -0.2) is 60.7 Å². The Balaban J connectivity index is 1.09. The fraction of sp³-hybridized carbons (Fsp3) is 0.310. The predicted molar refractivity (Wildman–Crippen MR) is 263 cm³/mol. The molecule has 1 fully saturated rings. The summed E-state index contributed by atoms with van der Waals surface area (Å²) in [5.74, 6) is -0.312. The van der Waals surface area contributed by atoms with Crippen LogP contribution in [0.3, 0.4) is 0 Å². The molecule has 7 aromatic rings. The zero-order chi connectivity index (χ0) is 47.3. The van der Waals surface area contributed by atoms with E-state index >= 15 is 0 Å². The summed E-state index contributed by atoms with van der Waals surface area (Å²) in [7, 11) is 5.00. The van der Waals surface area contributed by atoms with Crippen LogP contribution in [-0.2, 0) is 56.7 Å². The first-order valence-electron chi connectivity index (χ1n) is 23.6. The number of aryl methyl sites for hydroxylation is 1. The van der Waals surface area contributed by atoms with E-state index in [0.29, 0.717) is 43.7 Å². The summed E-state index contributed by atoms with van der Waals surface area (Å²) in [6, 6.07) is 40.1. The first-order valence-corrected chi connectivity index (χ1v) is 23.6. The Morgan fingerprint density at radius 3 is 2.25 bits per heavy atom. The highest BCUT2D eigenvalue weighted by molar-refractivity contribution is 5.98. The van der Waals surface area contributed by atoms with Gasteiger partial charge in [-0.1, -0.05) is 72.8 Å². The molecule has 0 bridgehead atoms. The predicted octanol–water partition coefficient (Wildman–Crippen LogP) is 10.4. The maximum atomic E-state index is 14.5. The first-order chi connectivity index (χ1) is 32.9. The van der Waals surface area contributed by atoms with Crippen LogP contribution in [0.15, 0.2) is 121 Å². The van der Waals surface area contributed by atoms with Gasteiger partial charge in [-0.25, -0.2) is 0 Å². The minimum absolute atomic E-state index is 0.00171. The number of phenols is 3. The van der Waals surface area contributed by atoms with Crippen LogP contribution in [0.4, 0.5) is 0 Å². The van der Waals surface area contributed by atoms with E-state index in [2.05, 4.69) is 47.8 Å². The number of aromatic hydroxyl groups is 3. The standard InChI is InChI=1S/C58H57NO9/c1-33(60)67-54-29-45(68-57(64)20-34-12-13-39-22-44(61)27-47(46(39)19-34)38-11-7-8-35(18-38)32-59-2)28-49-48-30-56(66-4)52(62)24-40(48)15-17-50(49)58(43-16-14-36-9-5-6-10-37(36)21-43)31-42-25-53(63)55(65-3)26-41(42)23-51(54)58/h5-14,16,18-19,21-22,24-27,30,45,49-51,54,59,61-63H,15,17,20,23,28-29,31-32H2,1-4H3. The molecule has 0 heterocycles. The monoisotopic (exact) mass is 911 g/mol. The quantitative estimate of drug-likeness (QED) is 0.0979. The minimum Gasteiger partial charge on any atom is -0.508 e. The normalized spacial score (nSPS) is 21.9. The van der Waals surface area contributed by atoms with E-state index in [1.807, 2.05) is 73.8 Å². The molecule has 0 amide bonds. The van der Waals surface area contributed by atoms with Gasteiger partial charge < -0.3 is 39.6 Å². The van der Waals surface area contributed by atoms with E-state index in [1.165, 1.54) is 6.92 Å². The third kappa shape index (κ3) is 8.25. The number of phenolic OH excluding ortho intramolecular Hbond substituents is 3. The lowest BCUT2D eigenvalue weighted by atomic mass is 9.47. The molecule has 68 heavy (non-hydrogen) atoms. The number of carbonyl (C=O) groups is 2. The number of fused-ring (bicyclic) bond motifs is 8. The second-order valence-corrected chi connectivity index (χ2v) is 19.0. The Hall–Kier alpha value is -7.04. The van der Waals surface area contributed by atoms with Crippen molar-refractivity contribution < 1.29 is 43.9 Å². The number of methoxy groups -OCH3 is 2. The third-order valence-corrected chi connectivity index (χ3v) is 15.1. The van der Waals surface area contributed by atoms with Gasteiger partial charge in [-0.05, 0) is 171 Å². The lowest BCUT2D eigenvalue weighted by molar-refractivity contribution is -0.162. The summed E-state index contributed by atoms with van der Waals surface area (Å²) in [5.41, 5.74) is 8.24. The van der Waals surface area contributed by atoms with Crippen molar-refractivity contribution in [2.45, 2.75) is 82.0 Å². The van der Waals surface area contributed by atoms with Crippen LogP contribution in [0.1, 0.15) is 71.0 Å². The van der Waals surface area contributed by atoms with Gasteiger partial charge in [0, 0.05) is 31.2 Å². The van der Waals surface area contributed by atoms with Crippen molar-refractivity contribution in [2.75, 3.05) is 21.3 Å². The van der Waals surface area contributed by atoms with Crippen molar-refractivity contribution in [2.24, 2.45) is 11.8 Å². The Morgan fingerprint density at radius 2 is 1.47 bits per heavy atom. The summed E-state index contributed by atoms with van der Waals surface area (Å²) in [6.45, 7) is 2.14. The lowest BCUT2D eigenvalue weighted by Gasteiger charge is -2.57. The van der Waals surface area contributed by atoms with Gasteiger partial charge in [0.1, 0.15) is 18.0 Å². The van der Waals surface area contributed by atoms with Crippen molar-refractivity contribution in [3.05, 3.63) is 160 Å². The van der Waals surface area contributed by atoms with Gasteiger partial charge >= 0.3 is 11.9 Å². The molecule has 0 aromatic heterocycles. The van der Waals surface area contributed by atoms with E-state index in [4.69, 9.17) is 18.9 Å². The van der Waals surface area contributed by atoms with Crippen LogP contribution in [0.25, 0.3) is 32.7 Å². The molecule has 0 spiro atoms. The van der Waals surface area contributed by atoms with Gasteiger partial charge in [-0.15, -0.1) is 0 Å². The number of hydrogen-bond acceptors (Lipinski definition) is 10. The molecule has 0 saturated heterocycles. The molecule has 3 aliphatic rings. The van der Waals surface area contributed by atoms with Crippen LogP contribution >= 0.6 is 0 Å². The molecule has 10 rings (SSSR count). The molecule has 3 aliphatic carbocycles. The molecule has 10 heteroatoms. The van der Waals surface area contributed by atoms with E-state index < -0.39 is 29.6 Å². The highest BCUT2D eigenvalue weighted by Gasteiger charge is 2.58. The molecular weight excluding hydrogens is 855 g/mol. The molecule has 10 nitrogen and oxygen atoms in total. The smallest absolute Gasteiger partial charge is 0.310 e. The zero-order valence-corrected chi connectivity index (χ0v) is 38.9. The van der Waals surface area contributed by atoms with Crippen molar-refractivity contribution in [1.82, 2.24) is 5.32 Å². The number of esters is 2. The number of rotatable bonds is 10. The Morgan fingerprint density at radius 1 is 0.706 bits per heavy atom. The fourth-order valence-electron chi connectivity index (χ4n) is 12.3. The molecule has 4 N–H and O–H groups in total. The number of benzene rings is 7. The number of ether oxygens (including phenoxy) is 4. The highest BCUT2D eigenvalue weighted by Crippen LogP contribution is 2.60.